The van der Waals surface area contributed by atoms with Crippen molar-refractivity contribution in [2.75, 3.05) is 13.1 Å². The first kappa shape index (κ1) is 19.0. The number of nitrogens with zero attached hydrogens (tertiary/aromatic N) is 3. The Morgan fingerprint density at radius 1 is 1.07 bits per heavy atom. The van der Waals surface area contributed by atoms with Crippen LogP contribution in [0.5, 0.6) is 0 Å². The van der Waals surface area contributed by atoms with Crippen LogP contribution in [0.15, 0.2) is 24.3 Å². The van der Waals surface area contributed by atoms with Crippen molar-refractivity contribution < 1.29 is 9.59 Å². The van der Waals surface area contributed by atoms with E-state index in [9.17, 15) is 9.59 Å². The Hall–Kier alpha value is -2.34. The number of carbonyl (C=O) groups excluding carboxylic acids is 2. The largest absolute Gasteiger partial charge is 0.349 e. The van der Waals surface area contributed by atoms with Gasteiger partial charge in [-0.1, -0.05) is 11.6 Å². The molecule has 0 atom stereocenters. The summed E-state index contributed by atoms with van der Waals surface area (Å²) >= 11 is 6.22. The number of amides is 2. The molecule has 2 aliphatic rings. The molecule has 7 heteroatoms. The number of rotatable bonds is 4. The third-order valence-electron chi connectivity index (χ3n) is 5.65. The first-order valence-electron chi connectivity index (χ1n) is 9.86. The number of aryl methyl sites for hydroxylation is 1. The Morgan fingerprint density at radius 3 is 2.25 bits per heavy atom. The van der Waals surface area contributed by atoms with Gasteiger partial charge in [-0.3, -0.25) is 9.59 Å². The molecule has 148 valence electrons. The van der Waals surface area contributed by atoms with Crippen molar-refractivity contribution in [1.29, 1.82) is 0 Å². The Labute approximate surface area is 169 Å². The first-order chi connectivity index (χ1) is 13.4. The summed E-state index contributed by atoms with van der Waals surface area (Å²) in [6.45, 7) is 5.26. The van der Waals surface area contributed by atoms with Crippen LogP contribution in [-0.4, -0.2) is 45.6 Å². The Balaban J connectivity index is 1.35. The predicted molar refractivity (Wildman–Crippen MR) is 108 cm³/mol. The molecule has 1 aliphatic heterocycles. The van der Waals surface area contributed by atoms with E-state index < -0.39 is 0 Å². The van der Waals surface area contributed by atoms with Gasteiger partial charge < -0.3 is 10.2 Å². The van der Waals surface area contributed by atoms with Gasteiger partial charge >= 0.3 is 0 Å². The molecule has 0 radical (unpaired) electrons. The number of piperidine rings is 1. The molecule has 6 nitrogen and oxygen atoms in total. The molecule has 28 heavy (non-hydrogen) atoms. The number of benzene rings is 1. The summed E-state index contributed by atoms with van der Waals surface area (Å²) in [5.74, 6) is 0.483. The first-order valence-corrected chi connectivity index (χ1v) is 10.2. The van der Waals surface area contributed by atoms with Crippen LogP contribution in [0.4, 0.5) is 0 Å². The number of hydrogen-bond donors (Lipinski definition) is 1. The maximum absolute atomic E-state index is 12.6. The molecular weight excluding hydrogens is 376 g/mol. The summed E-state index contributed by atoms with van der Waals surface area (Å²) in [6.07, 6.45) is 3.70. The Kier molecular flexibility index (Phi) is 5.15. The number of likely N-dealkylation sites (tertiary alicyclic amines) is 1. The van der Waals surface area contributed by atoms with Crippen LogP contribution in [0.25, 0.3) is 5.69 Å². The van der Waals surface area contributed by atoms with Crippen LogP contribution >= 0.6 is 11.6 Å². The highest BCUT2D eigenvalue weighted by atomic mass is 35.5. The van der Waals surface area contributed by atoms with Gasteiger partial charge in [-0.25, -0.2) is 4.68 Å². The van der Waals surface area contributed by atoms with Crippen molar-refractivity contribution in [2.45, 2.75) is 45.6 Å². The van der Waals surface area contributed by atoms with E-state index in [0.29, 0.717) is 16.5 Å². The zero-order valence-corrected chi connectivity index (χ0v) is 17.0. The molecule has 2 aromatic rings. The molecule has 2 amide bonds. The van der Waals surface area contributed by atoms with E-state index in [1.54, 1.807) is 16.8 Å². The molecule has 0 spiro atoms. The molecule has 4 rings (SSSR count). The fraction of sp³-hybridized carbons (Fsp3) is 0.476. The number of aromatic nitrogens is 2. The summed E-state index contributed by atoms with van der Waals surface area (Å²) in [4.78, 5) is 26.7. The van der Waals surface area contributed by atoms with Crippen molar-refractivity contribution >= 4 is 23.4 Å². The second-order valence-corrected chi connectivity index (χ2v) is 8.17. The normalized spacial score (nSPS) is 17.6. The monoisotopic (exact) mass is 400 g/mol. The summed E-state index contributed by atoms with van der Waals surface area (Å²) < 4.78 is 1.78. The topological polar surface area (TPSA) is 67.2 Å². The van der Waals surface area contributed by atoms with E-state index in [0.717, 1.165) is 55.8 Å². The molecule has 2 fully saturated rings. The van der Waals surface area contributed by atoms with Gasteiger partial charge in [-0.15, -0.1) is 0 Å². The van der Waals surface area contributed by atoms with Crippen LogP contribution in [-0.2, 0) is 4.79 Å². The molecule has 2 heterocycles. The number of carbonyl (C=O) groups is 2. The summed E-state index contributed by atoms with van der Waals surface area (Å²) in [5, 5.41) is 8.20. The average molecular weight is 401 g/mol. The van der Waals surface area contributed by atoms with E-state index in [4.69, 9.17) is 11.6 Å². The summed E-state index contributed by atoms with van der Waals surface area (Å²) in [6, 6.07) is 7.48. The predicted octanol–water partition coefficient (Wildman–Crippen LogP) is 3.27. The number of nitrogens with one attached hydrogen (secondary N) is 1. The molecule has 1 saturated carbocycles. The SMILES string of the molecule is Cc1nn(-c2ccc(C(=O)NC3CCN(C(=O)C4CC4)CC3)cc2)c(C)c1Cl. The molecule has 1 saturated heterocycles. The molecule has 0 unspecified atom stereocenters. The fourth-order valence-electron chi connectivity index (χ4n) is 3.73. The minimum atomic E-state index is -0.0788. The van der Waals surface area contributed by atoms with Gasteiger partial charge in [0.25, 0.3) is 5.91 Å². The van der Waals surface area contributed by atoms with Crippen molar-refractivity contribution in [2.24, 2.45) is 5.92 Å². The van der Waals surface area contributed by atoms with Gasteiger partial charge in [0.05, 0.1) is 22.1 Å². The number of hydrogen-bond acceptors (Lipinski definition) is 3. The lowest BCUT2D eigenvalue weighted by Crippen LogP contribution is -2.47. The van der Waals surface area contributed by atoms with E-state index in [2.05, 4.69) is 10.4 Å². The van der Waals surface area contributed by atoms with Gasteiger partial charge in [0.2, 0.25) is 5.91 Å². The minimum absolute atomic E-state index is 0.0788. The molecule has 1 aromatic heterocycles. The van der Waals surface area contributed by atoms with E-state index in [1.165, 1.54) is 0 Å². The third-order valence-corrected chi connectivity index (χ3v) is 6.19. The van der Waals surface area contributed by atoms with Crippen LogP contribution in [0.3, 0.4) is 0 Å². The Bertz CT molecular complexity index is 894. The highest BCUT2D eigenvalue weighted by Crippen LogP contribution is 2.32. The van der Waals surface area contributed by atoms with Crippen molar-refractivity contribution in [3.8, 4) is 5.69 Å². The van der Waals surface area contributed by atoms with Crippen LogP contribution < -0.4 is 5.32 Å². The van der Waals surface area contributed by atoms with Crippen LogP contribution in [0, 0.1) is 19.8 Å². The lowest BCUT2D eigenvalue weighted by molar-refractivity contribution is -0.133. The van der Waals surface area contributed by atoms with Gasteiger partial charge in [0, 0.05) is 30.6 Å². The van der Waals surface area contributed by atoms with Gasteiger partial charge in [-0.05, 0) is 63.8 Å². The second kappa shape index (κ2) is 7.59. The second-order valence-electron chi connectivity index (χ2n) is 7.79. The smallest absolute Gasteiger partial charge is 0.251 e. The minimum Gasteiger partial charge on any atom is -0.349 e. The lowest BCUT2D eigenvalue weighted by atomic mass is 10.0. The highest BCUT2D eigenvalue weighted by Gasteiger charge is 2.35. The van der Waals surface area contributed by atoms with Crippen molar-refractivity contribution in [3.05, 3.63) is 46.2 Å². The zero-order valence-electron chi connectivity index (χ0n) is 16.2. The fourth-order valence-corrected chi connectivity index (χ4v) is 3.85. The van der Waals surface area contributed by atoms with Crippen molar-refractivity contribution in [1.82, 2.24) is 20.0 Å². The van der Waals surface area contributed by atoms with Crippen LogP contribution in [0.1, 0.15) is 47.4 Å². The quantitative estimate of drug-likeness (QED) is 0.856. The summed E-state index contributed by atoms with van der Waals surface area (Å²) in [5.41, 5.74) is 3.15. The molecule has 1 aliphatic carbocycles. The average Bonchev–Trinajstić information content (AvgIpc) is 3.52. The van der Waals surface area contributed by atoms with Gasteiger partial charge in [0.15, 0.2) is 0 Å². The maximum atomic E-state index is 12.6. The van der Waals surface area contributed by atoms with Gasteiger partial charge in [0.1, 0.15) is 0 Å². The Morgan fingerprint density at radius 2 is 1.71 bits per heavy atom. The van der Waals surface area contributed by atoms with Gasteiger partial charge in [-0.2, -0.15) is 5.10 Å². The molecule has 1 N–H and O–H groups in total. The standard InChI is InChI=1S/C21H25ClN4O2/c1-13-19(22)14(2)26(24-13)18-7-5-15(6-8-18)20(27)23-17-9-11-25(12-10-17)21(28)16-3-4-16/h5-8,16-17H,3-4,9-12H2,1-2H3,(H,23,27). The maximum Gasteiger partial charge on any atom is 0.251 e. The zero-order chi connectivity index (χ0) is 19.8. The molecular formula is C21H25ClN4O2. The third kappa shape index (κ3) is 3.78. The number of halogens is 1. The van der Waals surface area contributed by atoms with E-state index in [1.807, 2.05) is 30.9 Å². The molecule has 1 aromatic carbocycles. The van der Waals surface area contributed by atoms with Crippen LogP contribution in [0.2, 0.25) is 5.02 Å². The molecule has 0 bridgehead atoms. The van der Waals surface area contributed by atoms with E-state index >= 15 is 0 Å². The summed E-state index contributed by atoms with van der Waals surface area (Å²) in [7, 11) is 0. The highest BCUT2D eigenvalue weighted by molar-refractivity contribution is 6.31. The lowest BCUT2D eigenvalue weighted by Gasteiger charge is -2.32. The van der Waals surface area contributed by atoms with Crippen molar-refractivity contribution in [3.63, 3.8) is 0 Å². The van der Waals surface area contributed by atoms with E-state index in [-0.39, 0.29) is 17.9 Å².